The van der Waals surface area contributed by atoms with Crippen LogP contribution in [0.5, 0.6) is 0 Å². The Bertz CT molecular complexity index is 538. The van der Waals surface area contributed by atoms with E-state index in [0.717, 1.165) is 0 Å². The molecule has 1 atom stereocenters. The van der Waals surface area contributed by atoms with Crippen molar-refractivity contribution in [1.82, 2.24) is 20.4 Å². The largest absolute Gasteiger partial charge is 0.349 e. The lowest BCUT2D eigenvalue weighted by atomic mass is 10.1. The molecule has 0 saturated heterocycles. The lowest BCUT2D eigenvalue weighted by Gasteiger charge is -2.23. The summed E-state index contributed by atoms with van der Waals surface area (Å²) in [6, 6.07) is 2.24. The summed E-state index contributed by atoms with van der Waals surface area (Å²) in [6.45, 7) is 0.550. The molecule has 0 unspecified atom stereocenters. The van der Waals surface area contributed by atoms with Crippen LogP contribution < -0.4 is 5.32 Å². The first kappa shape index (κ1) is 14.2. The summed E-state index contributed by atoms with van der Waals surface area (Å²) in [7, 11) is 4.00. The number of carbonyl (C=O) groups is 1. The van der Waals surface area contributed by atoms with Gasteiger partial charge in [-0.2, -0.15) is 16.4 Å². The molecule has 2 aromatic rings. The zero-order chi connectivity index (χ0) is 13.8. The molecule has 0 spiro atoms. The van der Waals surface area contributed by atoms with Gasteiger partial charge < -0.3 is 10.2 Å². The minimum atomic E-state index is -0.161. The zero-order valence-corrected chi connectivity index (χ0v) is 13.1. The van der Waals surface area contributed by atoms with E-state index >= 15 is 0 Å². The molecule has 2 rings (SSSR count). The van der Waals surface area contributed by atoms with E-state index in [-0.39, 0.29) is 11.9 Å². The number of likely N-dealkylation sites (N-methyl/N-ethyl adjacent to an activating group) is 1. The van der Waals surface area contributed by atoms with Crippen LogP contribution in [0.15, 0.2) is 27.5 Å². The maximum Gasteiger partial charge on any atom is 0.270 e. The van der Waals surface area contributed by atoms with Gasteiger partial charge in [0, 0.05) is 6.54 Å². The van der Waals surface area contributed by atoms with Gasteiger partial charge in [0.1, 0.15) is 5.69 Å². The molecular weight excluding hydrogens is 328 g/mol. The van der Waals surface area contributed by atoms with E-state index < -0.39 is 0 Å². The molecule has 2 heterocycles. The third-order valence-electron chi connectivity index (χ3n) is 2.83. The molecule has 0 aliphatic heterocycles. The minimum Gasteiger partial charge on any atom is -0.349 e. The van der Waals surface area contributed by atoms with E-state index in [1.807, 2.05) is 19.5 Å². The fourth-order valence-electron chi connectivity index (χ4n) is 1.77. The van der Waals surface area contributed by atoms with E-state index in [1.54, 1.807) is 17.5 Å². The Morgan fingerprint density at radius 2 is 2.42 bits per heavy atom. The number of carbonyl (C=O) groups excluding carboxylic acids is 1. The Kier molecular flexibility index (Phi) is 4.73. The molecule has 2 aromatic heterocycles. The second kappa shape index (κ2) is 6.31. The molecule has 102 valence electrons. The number of aromatic nitrogens is 2. The number of aromatic amines is 1. The predicted octanol–water partition coefficient (Wildman–Crippen LogP) is 2.27. The van der Waals surface area contributed by atoms with Crippen LogP contribution in [0.3, 0.4) is 0 Å². The second-order valence-electron chi connectivity index (χ2n) is 4.34. The quantitative estimate of drug-likeness (QED) is 0.876. The first-order valence-electron chi connectivity index (χ1n) is 5.75. The molecule has 19 heavy (non-hydrogen) atoms. The zero-order valence-electron chi connectivity index (χ0n) is 10.7. The highest BCUT2D eigenvalue weighted by molar-refractivity contribution is 9.10. The maximum atomic E-state index is 12.0. The van der Waals surface area contributed by atoms with Crippen LogP contribution in [0.4, 0.5) is 0 Å². The fraction of sp³-hybridized carbons (Fsp3) is 0.333. The van der Waals surface area contributed by atoms with E-state index in [4.69, 9.17) is 0 Å². The number of halogens is 1. The van der Waals surface area contributed by atoms with Crippen molar-refractivity contribution in [3.05, 3.63) is 38.8 Å². The molecule has 0 fully saturated rings. The monoisotopic (exact) mass is 342 g/mol. The van der Waals surface area contributed by atoms with E-state index in [2.05, 4.69) is 47.8 Å². The van der Waals surface area contributed by atoms with Gasteiger partial charge in [-0.1, -0.05) is 0 Å². The van der Waals surface area contributed by atoms with Crippen molar-refractivity contribution < 1.29 is 4.79 Å². The van der Waals surface area contributed by atoms with E-state index in [0.29, 0.717) is 16.7 Å². The summed E-state index contributed by atoms with van der Waals surface area (Å²) in [6.07, 6.45) is 1.57. The number of thiophene rings is 1. The molecular formula is C12H15BrN4OS. The smallest absolute Gasteiger partial charge is 0.270 e. The highest BCUT2D eigenvalue weighted by Gasteiger charge is 2.17. The van der Waals surface area contributed by atoms with Crippen LogP contribution in [-0.2, 0) is 0 Å². The Labute approximate surface area is 124 Å². The van der Waals surface area contributed by atoms with Crippen molar-refractivity contribution in [2.75, 3.05) is 20.6 Å². The van der Waals surface area contributed by atoms with Gasteiger partial charge in [0.2, 0.25) is 0 Å². The highest BCUT2D eigenvalue weighted by Crippen LogP contribution is 2.20. The number of hydrogen-bond acceptors (Lipinski definition) is 4. The average molecular weight is 343 g/mol. The fourth-order valence-corrected chi connectivity index (χ4v) is 2.85. The topological polar surface area (TPSA) is 61.0 Å². The number of H-pyrrole nitrogens is 1. The van der Waals surface area contributed by atoms with Crippen LogP contribution in [-0.4, -0.2) is 41.6 Å². The number of nitrogens with one attached hydrogen (secondary N) is 2. The van der Waals surface area contributed by atoms with Gasteiger partial charge in [0.15, 0.2) is 0 Å². The first-order valence-corrected chi connectivity index (χ1v) is 7.48. The van der Waals surface area contributed by atoms with Crippen molar-refractivity contribution in [3.63, 3.8) is 0 Å². The van der Waals surface area contributed by atoms with Gasteiger partial charge in [-0.3, -0.25) is 9.89 Å². The molecule has 0 aromatic carbocycles. The maximum absolute atomic E-state index is 12.0. The van der Waals surface area contributed by atoms with Crippen LogP contribution in [0.1, 0.15) is 22.1 Å². The molecule has 0 radical (unpaired) electrons. The molecule has 2 N–H and O–H groups in total. The third kappa shape index (κ3) is 3.43. The molecule has 1 amide bonds. The molecule has 0 bridgehead atoms. The van der Waals surface area contributed by atoms with Gasteiger partial charge in [0.25, 0.3) is 5.91 Å². The van der Waals surface area contributed by atoms with Crippen LogP contribution in [0.25, 0.3) is 0 Å². The Morgan fingerprint density at radius 1 is 1.63 bits per heavy atom. The predicted molar refractivity (Wildman–Crippen MR) is 79.4 cm³/mol. The van der Waals surface area contributed by atoms with Gasteiger partial charge in [0.05, 0.1) is 16.7 Å². The van der Waals surface area contributed by atoms with Crippen LogP contribution in [0.2, 0.25) is 0 Å². The highest BCUT2D eigenvalue weighted by atomic mass is 79.9. The average Bonchev–Trinajstić information content (AvgIpc) is 3.00. The Balaban J connectivity index is 2.00. The minimum absolute atomic E-state index is 0.161. The Morgan fingerprint density at radius 3 is 2.95 bits per heavy atom. The van der Waals surface area contributed by atoms with Gasteiger partial charge in [-0.05, 0) is 52.4 Å². The standard InChI is InChI=1S/C12H15BrN4OS/c1-17(2)10(8-3-4-19-7-8)6-14-12(18)11-9(13)5-15-16-11/h3-5,7,10H,6H2,1-2H3,(H,14,18)(H,15,16)/t10-/m1/s1. The van der Waals surface area contributed by atoms with Gasteiger partial charge in [-0.15, -0.1) is 0 Å². The number of hydrogen-bond donors (Lipinski definition) is 2. The number of amides is 1. The van der Waals surface area contributed by atoms with Crippen molar-refractivity contribution in [2.45, 2.75) is 6.04 Å². The molecule has 0 saturated carbocycles. The van der Waals surface area contributed by atoms with Gasteiger partial charge in [-0.25, -0.2) is 0 Å². The van der Waals surface area contributed by atoms with Crippen LogP contribution in [0, 0.1) is 0 Å². The summed E-state index contributed by atoms with van der Waals surface area (Å²) < 4.78 is 0.668. The summed E-state index contributed by atoms with van der Waals surface area (Å²) in [4.78, 5) is 14.1. The van der Waals surface area contributed by atoms with E-state index in [1.165, 1.54) is 5.56 Å². The lowest BCUT2D eigenvalue weighted by Crippen LogP contribution is -2.34. The number of nitrogens with zero attached hydrogens (tertiary/aromatic N) is 2. The third-order valence-corrected chi connectivity index (χ3v) is 4.13. The molecule has 0 aliphatic rings. The van der Waals surface area contributed by atoms with Crippen LogP contribution >= 0.6 is 27.3 Å². The Hall–Kier alpha value is -1.18. The summed E-state index contributed by atoms with van der Waals surface area (Å²) in [5.41, 5.74) is 1.65. The molecule has 5 nitrogen and oxygen atoms in total. The van der Waals surface area contributed by atoms with E-state index in [9.17, 15) is 4.79 Å². The molecule has 7 heteroatoms. The van der Waals surface area contributed by atoms with Crippen molar-refractivity contribution in [3.8, 4) is 0 Å². The SMILES string of the molecule is CN(C)[C@H](CNC(=O)c1[nH]ncc1Br)c1ccsc1. The van der Waals surface area contributed by atoms with Crippen molar-refractivity contribution in [2.24, 2.45) is 0 Å². The lowest BCUT2D eigenvalue weighted by molar-refractivity contribution is 0.0936. The normalized spacial score (nSPS) is 12.6. The second-order valence-corrected chi connectivity index (χ2v) is 5.97. The molecule has 0 aliphatic carbocycles. The number of rotatable bonds is 5. The first-order chi connectivity index (χ1) is 9.09. The summed E-state index contributed by atoms with van der Waals surface area (Å²) >= 11 is 4.93. The van der Waals surface area contributed by atoms with Crippen molar-refractivity contribution in [1.29, 1.82) is 0 Å². The summed E-state index contributed by atoms with van der Waals surface area (Å²) in [5, 5.41) is 13.5. The van der Waals surface area contributed by atoms with Gasteiger partial charge >= 0.3 is 0 Å². The summed E-state index contributed by atoms with van der Waals surface area (Å²) in [5.74, 6) is -0.161. The van der Waals surface area contributed by atoms with Crippen molar-refractivity contribution >= 4 is 33.2 Å².